The van der Waals surface area contributed by atoms with Crippen molar-refractivity contribution in [1.82, 2.24) is 10.2 Å². The normalized spacial score (nSPS) is 35.3. The molecule has 1 heterocycles. The van der Waals surface area contributed by atoms with Crippen LogP contribution in [0.2, 0.25) is 0 Å². The standard InChI is InChI=1S/C10H23N3/c1-8-6-9(11)7-10(12-8)4-5-13(2)3/h8-10,12H,4-7,11H2,1-3H3/t8-,9+,10+/m0/s1. The van der Waals surface area contributed by atoms with E-state index in [4.69, 9.17) is 5.73 Å². The van der Waals surface area contributed by atoms with Gasteiger partial charge >= 0.3 is 0 Å². The van der Waals surface area contributed by atoms with Gasteiger partial charge in [-0.05, 0) is 46.8 Å². The zero-order valence-corrected chi connectivity index (χ0v) is 9.09. The second kappa shape index (κ2) is 4.94. The fourth-order valence-corrected chi connectivity index (χ4v) is 2.07. The topological polar surface area (TPSA) is 41.3 Å². The highest BCUT2D eigenvalue weighted by Gasteiger charge is 2.22. The van der Waals surface area contributed by atoms with Crippen molar-refractivity contribution in [3.63, 3.8) is 0 Å². The number of nitrogens with one attached hydrogen (secondary N) is 1. The lowest BCUT2D eigenvalue weighted by Gasteiger charge is -2.33. The Labute approximate surface area is 81.7 Å². The minimum absolute atomic E-state index is 0.406. The Morgan fingerprint density at radius 1 is 1.38 bits per heavy atom. The highest BCUT2D eigenvalue weighted by Crippen LogP contribution is 2.13. The monoisotopic (exact) mass is 185 g/mol. The van der Waals surface area contributed by atoms with Crippen molar-refractivity contribution < 1.29 is 0 Å². The first kappa shape index (κ1) is 11.0. The Bertz CT molecular complexity index is 137. The Morgan fingerprint density at radius 2 is 2.08 bits per heavy atom. The molecule has 0 saturated carbocycles. The molecule has 0 aromatic rings. The lowest BCUT2D eigenvalue weighted by molar-refractivity contribution is 0.268. The predicted octanol–water partition coefficient (Wildman–Crippen LogP) is 0.406. The van der Waals surface area contributed by atoms with Crippen LogP contribution >= 0.6 is 0 Å². The van der Waals surface area contributed by atoms with Gasteiger partial charge in [-0.25, -0.2) is 0 Å². The Kier molecular flexibility index (Phi) is 4.16. The lowest BCUT2D eigenvalue weighted by Crippen LogP contribution is -2.49. The number of piperidine rings is 1. The van der Waals surface area contributed by atoms with E-state index in [-0.39, 0.29) is 0 Å². The third-order valence-corrected chi connectivity index (χ3v) is 2.69. The number of rotatable bonds is 3. The van der Waals surface area contributed by atoms with Crippen molar-refractivity contribution >= 4 is 0 Å². The number of hydrogen-bond acceptors (Lipinski definition) is 3. The minimum Gasteiger partial charge on any atom is -0.328 e. The Hall–Kier alpha value is -0.120. The summed E-state index contributed by atoms with van der Waals surface area (Å²) in [6.07, 6.45) is 3.47. The molecule has 0 aliphatic carbocycles. The van der Waals surface area contributed by atoms with Gasteiger partial charge in [0.2, 0.25) is 0 Å². The van der Waals surface area contributed by atoms with Gasteiger partial charge < -0.3 is 16.0 Å². The summed E-state index contributed by atoms with van der Waals surface area (Å²) < 4.78 is 0. The number of nitrogens with two attached hydrogens (primary N) is 1. The predicted molar refractivity (Wildman–Crippen MR) is 56.8 cm³/mol. The first-order valence-electron chi connectivity index (χ1n) is 5.24. The third-order valence-electron chi connectivity index (χ3n) is 2.69. The molecule has 1 saturated heterocycles. The van der Waals surface area contributed by atoms with Gasteiger partial charge in [0.15, 0.2) is 0 Å². The van der Waals surface area contributed by atoms with Crippen LogP contribution in [-0.4, -0.2) is 43.7 Å². The molecule has 1 aliphatic heterocycles. The minimum atomic E-state index is 0.406. The molecule has 1 aliphatic rings. The maximum Gasteiger partial charge on any atom is 0.00964 e. The van der Waals surface area contributed by atoms with E-state index in [1.807, 2.05) is 0 Å². The van der Waals surface area contributed by atoms with Crippen LogP contribution in [0, 0.1) is 0 Å². The van der Waals surface area contributed by atoms with Gasteiger partial charge in [0, 0.05) is 18.1 Å². The van der Waals surface area contributed by atoms with Crippen LogP contribution in [0.1, 0.15) is 26.2 Å². The van der Waals surface area contributed by atoms with Crippen molar-refractivity contribution in [1.29, 1.82) is 0 Å². The second-order valence-corrected chi connectivity index (χ2v) is 4.59. The molecule has 3 N–H and O–H groups in total. The molecule has 3 atom stereocenters. The van der Waals surface area contributed by atoms with Crippen molar-refractivity contribution in [2.45, 2.75) is 44.3 Å². The summed E-state index contributed by atoms with van der Waals surface area (Å²) in [4.78, 5) is 2.23. The van der Waals surface area contributed by atoms with E-state index in [1.54, 1.807) is 0 Å². The summed E-state index contributed by atoms with van der Waals surface area (Å²) in [5, 5.41) is 3.60. The van der Waals surface area contributed by atoms with Crippen LogP contribution in [-0.2, 0) is 0 Å². The molecule has 0 bridgehead atoms. The van der Waals surface area contributed by atoms with Crippen LogP contribution in [0.25, 0.3) is 0 Å². The van der Waals surface area contributed by atoms with Crippen molar-refractivity contribution in [2.75, 3.05) is 20.6 Å². The van der Waals surface area contributed by atoms with Crippen molar-refractivity contribution in [3.05, 3.63) is 0 Å². The molecule has 3 heteroatoms. The van der Waals surface area contributed by atoms with Gasteiger partial charge in [-0.15, -0.1) is 0 Å². The summed E-state index contributed by atoms with van der Waals surface area (Å²) >= 11 is 0. The van der Waals surface area contributed by atoms with Crippen LogP contribution in [0.3, 0.4) is 0 Å². The van der Waals surface area contributed by atoms with Crippen LogP contribution < -0.4 is 11.1 Å². The lowest BCUT2D eigenvalue weighted by atomic mass is 9.93. The van der Waals surface area contributed by atoms with E-state index in [9.17, 15) is 0 Å². The molecule has 0 spiro atoms. The molecule has 1 rings (SSSR count). The van der Waals surface area contributed by atoms with Gasteiger partial charge in [-0.2, -0.15) is 0 Å². The summed E-state index contributed by atoms with van der Waals surface area (Å²) in [5.41, 5.74) is 5.97. The zero-order chi connectivity index (χ0) is 9.84. The molecular weight excluding hydrogens is 162 g/mol. The van der Waals surface area contributed by atoms with Crippen LogP contribution in [0.15, 0.2) is 0 Å². The van der Waals surface area contributed by atoms with Crippen molar-refractivity contribution in [2.24, 2.45) is 5.73 Å². The molecule has 1 fully saturated rings. The maximum absolute atomic E-state index is 5.97. The Morgan fingerprint density at radius 3 is 2.62 bits per heavy atom. The molecule has 0 aromatic carbocycles. The van der Waals surface area contributed by atoms with Gasteiger partial charge in [0.1, 0.15) is 0 Å². The molecule has 78 valence electrons. The molecule has 13 heavy (non-hydrogen) atoms. The van der Waals surface area contributed by atoms with Gasteiger partial charge in [-0.1, -0.05) is 0 Å². The Balaban J connectivity index is 2.25. The fourth-order valence-electron chi connectivity index (χ4n) is 2.07. The van der Waals surface area contributed by atoms with Gasteiger partial charge in [0.05, 0.1) is 0 Å². The van der Waals surface area contributed by atoms with Crippen molar-refractivity contribution in [3.8, 4) is 0 Å². The highest BCUT2D eigenvalue weighted by molar-refractivity contribution is 4.85. The first-order valence-corrected chi connectivity index (χ1v) is 5.24. The molecule has 0 radical (unpaired) electrons. The largest absolute Gasteiger partial charge is 0.328 e. The van der Waals surface area contributed by atoms with Gasteiger partial charge in [-0.3, -0.25) is 0 Å². The van der Waals surface area contributed by atoms with E-state index >= 15 is 0 Å². The summed E-state index contributed by atoms with van der Waals surface area (Å²) in [5.74, 6) is 0. The van der Waals surface area contributed by atoms with Crippen LogP contribution in [0.4, 0.5) is 0 Å². The first-order chi connectivity index (χ1) is 6.08. The smallest absolute Gasteiger partial charge is 0.00964 e. The summed E-state index contributed by atoms with van der Waals surface area (Å²) in [6, 6.07) is 1.63. The second-order valence-electron chi connectivity index (χ2n) is 4.59. The SMILES string of the molecule is C[C@H]1C[C@@H](N)C[C@@H](CCN(C)C)N1. The molecule has 0 amide bonds. The summed E-state index contributed by atoms with van der Waals surface area (Å²) in [7, 11) is 4.23. The van der Waals surface area contributed by atoms with Gasteiger partial charge in [0.25, 0.3) is 0 Å². The number of hydrogen-bond donors (Lipinski definition) is 2. The molecule has 0 aromatic heterocycles. The third kappa shape index (κ3) is 4.07. The van der Waals surface area contributed by atoms with Crippen LogP contribution in [0.5, 0.6) is 0 Å². The summed E-state index contributed by atoms with van der Waals surface area (Å²) in [6.45, 7) is 3.37. The number of nitrogens with zero attached hydrogens (tertiary/aromatic N) is 1. The highest BCUT2D eigenvalue weighted by atomic mass is 15.1. The zero-order valence-electron chi connectivity index (χ0n) is 9.09. The van der Waals surface area contributed by atoms with E-state index < -0.39 is 0 Å². The van der Waals surface area contributed by atoms with E-state index in [2.05, 4.69) is 31.2 Å². The van der Waals surface area contributed by atoms with E-state index in [0.717, 1.165) is 19.4 Å². The average molecular weight is 185 g/mol. The molecule has 0 unspecified atom stereocenters. The molecular formula is C10H23N3. The van der Waals surface area contributed by atoms with E-state index in [0.29, 0.717) is 18.1 Å². The maximum atomic E-state index is 5.97. The quantitative estimate of drug-likeness (QED) is 0.669. The molecule has 3 nitrogen and oxygen atoms in total. The average Bonchev–Trinajstić information content (AvgIpc) is 1.99. The fraction of sp³-hybridized carbons (Fsp3) is 1.00. The van der Waals surface area contributed by atoms with E-state index in [1.165, 1.54) is 6.42 Å².